The van der Waals surface area contributed by atoms with Crippen LogP contribution in [0.1, 0.15) is 10.4 Å². The fourth-order valence-corrected chi connectivity index (χ4v) is 1.46. The van der Waals surface area contributed by atoms with Crippen molar-refractivity contribution in [2.75, 3.05) is 13.1 Å². The molecule has 1 saturated heterocycles. The van der Waals surface area contributed by atoms with Crippen LogP contribution in [0, 0.1) is 0 Å². The Hall–Kier alpha value is -1.82. The number of nitrogens with zero attached hydrogens (tertiary/aromatic N) is 1. The normalized spacial score (nSPS) is 16.2. The smallest absolute Gasteiger partial charge is 0.254 e. The first-order chi connectivity index (χ1) is 7.06. The zero-order valence-electron chi connectivity index (χ0n) is 7.80. The zero-order valence-corrected chi connectivity index (χ0v) is 7.80. The number of carbonyl (C=O) groups is 1. The number of hydrogen-bond acceptors (Lipinski definition) is 4. The van der Waals surface area contributed by atoms with Gasteiger partial charge in [-0.3, -0.25) is 14.6 Å². The number of β-amino-alcohol motifs (C(OH)–C–C–N with tert-alkyl or cyclic N) is 1. The molecular weight excluding hydrogens is 200 g/mol. The van der Waals surface area contributed by atoms with E-state index in [1.807, 2.05) is 0 Å². The molecule has 1 aromatic heterocycles. The highest BCUT2D eigenvalue weighted by Crippen LogP contribution is 2.13. The summed E-state index contributed by atoms with van der Waals surface area (Å²) >= 11 is 0. The molecule has 80 valence electrons. The Balaban J connectivity index is 2.22. The van der Waals surface area contributed by atoms with Crippen molar-refractivity contribution < 1.29 is 15.0 Å². The van der Waals surface area contributed by atoms with Crippen molar-refractivity contribution in [3.8, 4) is 5.88 Å². The average molecular weight is 210 g/mol. The summed E-state index contributed by atoms with van der Waals surface area (Å²) in [7, 11) is 0. The van der Waals surface area contributed by atoms with Gasteiger partial charge in [0.1, 0.15) is 0 Å². The first-order valence-corrected chi connectivity index (χ1v) is 4.47. The van der Waals surface area contributed by atoms with Crippen molar-refractivity contribution in [2.45, 2.75) is 6.10 Å². The number of likely N-dealkylation sites (tertiary alicyclic amines) is 1. The fraction of sp³-hybridized carbons (Fsp3) is 0.333. The topological polar surface area (TPSA) is 93.6 Å². The second kappa shape index (κ2) is 3.39. The van der Waals surface area contributed by atoms with Gasteiger partial charge in [0.2, 0.25) is 0 Å². The molecule has 0 saturated carbocycles. The molecule has 1 aromatic rings. The zero-order chi connectivity index (χ0) is 11.0. The molecule has 6 nitrogen and oxygen atoms in total. The number of hydrogen-bond donors (Lipinski definition) is 3. The van der Waals surface area contributed by atoms with Gasteiger partial charge in [0.25, 0.3) is 11.5 Å². The van der Waals surface area contributed by atoms with Crippen LogP contribution >= 0.6 is 0 Å². The lowest BCUT2D eigenvalue weighted by molar-refractivity contribution is 0.00586. The number of aliphatic hydroxyl groups is 1. The third-order valence-electron chi connectivity index (χ3n) is 2.23. The van der Waals surface area contributed by atoms with Gasteiger partial charge in [0, 0.05) is 25.2 Å². The molecule has 1 aliphatic rings. The van der Waals surface area contributed by atoms with Crippen LogP contribution in [0.5, 0.6) is 5.88 Å². The Labute approximate surface area is 84.8 Å². The molecule has 0 aliphatic carbocycles. The maximum atomic E-state index is 11.6. The molecule has 1 amide bonds. The number of pyridine rings is 1. The van der Waals surface area contributed by atoms with Crippen LogP contribution in [0.15, 0.2) is 16.9 Å². The van der Waals surface area contributed by atoms with Gasteiger partial charge in [0.05, 0.1) is 11.7 Å². The Bertz CT molecular complexity index is 448. The first kappa shape index (κ1) is 9.72. The number of amides is 1. The van der Waals surface area contributed by atoms with Crippen LogP contribution < -0.4 is 5.56 Å². The molecule has 0 radical (unpaired) electrons. The minimum absolute atomic E-state index is 0.128. The van der Waals surface area contributed by atoms with Crippen molar-refractivity contribution >= 4 is 5.91 Å². The van der Waals surface area contributed by atoms with Gasteiger partial charge in [-0.05, 0) is 0 Å². The molecule has 2 heterocycles. The monoisotopic (exact) mass is 210 g/mol. The van der Waals surface area contributed by atoms with Crippen molar-refractivity contribution in [1.29, 1.82) is 0 Å². The van der Waals surface area contributed by atoms with E-state index >= 15 is 0 Å². The minimum atomic E-state index is -0.528. The van der Waals surface area contributed by atoms with Crippen LogP contribution in [-0.4, -0.2) is 45.2 Å². The number of aliphatic hydroxyl groups excluding tert-OH is 1. The standard InChI is InChI=1S/C9H10N2O4/c12-6-3-11(4-6)9(15)5-1-7(13)10-8(14)2-5/h1-2,6,12H,3-4H2,(H2,10,13,14). The number of aromatic hydroxyl groups is 1. The molecule has 0 spiro atoms. The third kappa shape index (κ3) is 1.84. The lowest BCUT2D eigenvalue weighted by Gasteiger charge is -2.35. The molecule has 1 fully saturated rings. The highest BCUT2D eigenvalue weighted by Gasteiger charge is 2.29. The van der Waals surface area contributed by atoms with Crippen molar-refractivity contribution in [3.05, 3.63) is 28.0 Å². The van der Waals surface area contributed by atoms with Crippen LogP contribution in [-0.2, 0) is 0 Å². The van der Waals surface area contributed by atoms with Gasteiger partial charge in [-0.25, -0.2) is 0 Å². The number of rotatable bonds is 1. The Morgan fingerprint density at radius 2 is 2.13 bits per heavy atom. The minimum Gasteiger partial charge on any atom is -0.494 e. The van der Waals surface area contributed by atoms with Crippen molar-refractivity contribution in [1.82, 2.24) is 9.88 Å². The van der Waals surface area contributed by atoms with Gasteiger partial charge in [-0.2, -0.15) is 0 Å². The highest BCUT2D eigenvalue weighted by molar-refractivity contribution is 5.94. The van der Waals surface area contributed by atoms with E-state index in [4.69, 9.17) is 10.2 Å². The summed E-state index contributed by atoms with van der Waals surface area (Å²) in [6.45, 7) is 0.540. The molecule has 3 N–H and O–H groups in total. The van der Waals surface area contributed by atoms with E-state index in [1.165, 1.54) is 11.0 Å². The molecule has 2 rings (SSSR count). The summed E-state index contributed by atoms with van der Waals surface area (Å²) in [4.78, 5) is 26.1. The van der Waals surface area contributed by atoms with Crippen molar-refractivity contribution in [3.63, 3.8) is 0 Å². The Morgan fingerprint density at radius 1 is 1.47 bits per heavy atom. The van der Waals surface area contributed by atoms with Gasteiger partial charge in [-0.1, -0.05) is 0 Å². The molecule has 6 heteroatoms. The van der Waals surface area contributed by atoms with E-state index in [0.29, 0.717) is 0 Å². The number of H-pyrrole nitrogens is 1. The largest absolute Gasteiger partial charge is 0.494 e. The van der Waals surface area contributed by atoms with E-state index in [0.717, 1.165) is 6.07 Å². The van der Waals surface area contributed by atoms with E-state index in [9.17, 15) is 9.59 Å². The van der Waals surface area contributed by atoms with E-state index in [2.05, 4.69) is 4.98 Å². The SMILES string of the molecule is O=C(c1cc(O)[nH]c(=O)c1)N1CC(O)C1. The summed E-state index contributed by atoms with van der Waals surface area (Å²) in [5.74, 6) is -0.700. The number of carbonyl (C=O) groups excluding carboxylic acids is 1. The molecular formula is C9H10N2O4. The van der Waals surface area contributed by atoms with Crippen LogP contribution in [0.2, 0.25) is 0 Å². The molecule has 15 heavy (non-hydrogen) atoms. The predicted octanol–water partition coefficient (Wildman–Crippen LogP) is -1.10. The highest BCUT2D eigenvalue weighted by atomic mass is 16.3. The number of aromatic nitrogens is 1. The fourth-order valence-electron chi connectivity index (χ4n) is 1.46. The van der Waals surface area contributed by atoms with E-state index in [-0.39, 0.29) is 30.4 Å². The third-order valence-corrected chi connectivity index (χ3v) is 2.23. The summed E-state index contributed by atoms with van der Waals surface area (Å²) in [5.41, 5.74) is -0.400. The predicted molar refractivity (Wildman–Crippen MR) is 50.6 cm³/mol. The number of nitrogens with one attached hydrogen (secondary N) is 1. The second-order valence-corrected chi connectivity index (χ2v) is 3.48. The van der Waals surface area contributed by atoms with Gasteiger partial charge >= 0.3 is 0 Å². The van der Waals surface area contributed by atoms with Crippen LogP contribution in [0.25, 0.3) is 0 Å². The quantitative estimate of drug-likeness (QED) is 0.548. The Kier molecular flexibility index (Phi) is 2.20. The lowest BCUT2D eigenvalue weighted by Crippen LogP contribution is -2.53. The van der Waals surface area contributed by atoms with Crippen LogP contribution in [0.4, 0.5) is 0 Å². The average Bonchev–Trinajstić information content (AvgIpc) is 2.10. The van der Waals surface area contributed by atoms with Gasteiger partial charge < -0.3 is 15.1 Å². The van der Waals surface area contributed by atoms with Gasteiger partial charge in [-0.15, -0.1) is 0 Å². The molecule has 0 bridgehead atoms. The maximum Gasteiger partial charge on any atom is 0.254 e. The lowest BCUT2D eigenvalue weighted by atomic mass is 10.1. The Morgan fingerprint density at radius 3 is 2.67 bits per heavy atom. The first-order valence-electron chi connectivity index (χ1n) is 4.47. The summed E-state index contributed by atoms with van der Waals surface area (Å²) in [6.07, 6.45) is -0.482. The summed E-state index contributed by atoms with van der Waals surface area (Å²) in [5, 5.41) is 18.1. The summed E-state index contributed by atoms with van der Waals surface area (Å²) in [6, 6.07) is 2.31. The van der Waals surface area contributed by atoms with Crippen LogP contribution in [0.3, 0.4) is 0 Å². The molecule has 0 aromatic carbocycles. The molecule has 0 unspecified atom stereocenters. The van der Waals surface area contributed by atoms with Crippen molar-refractivity contribution in [2.24, 2.45) is 0 Å². The molecule has 0 atom stereocenters. The second-order valence-electron chi connectivity index (χ2n) is 3.48. The summed E-state index contributed by atoms with van der Waals surface area (Å²) < 4.78 is 0. The van der Waals surface area contributed by atoms with Gasteiger partial charge in [0.15, 0.2) is 5.88 Å². The maximum absolute atomic E-state index is 11.6. The molecule has 1 aliphatic heterocycles. The number of aromatic amines is 1. The van der Waals surface area contributed by atoms with E-state index in [1.54, 1.807) is 0 Å². The van der Waals surface area contributed by atoms with E-state index < -0.39 is 11.7 Å².